The molecule has 2 N–H and O–H groups in total. The van der Waals surface area contributed by atoms with E-state index in [2.05, 4.69) is 5.16 Å². The summed E-state index contributed by atoms with van der Waals surface area (Å²) in [5.74, 6) is 0.811. The predicted molar refractivity (Wildman–Crippen MR) is 52.4 cm³/mol. The highest BCUT2D eigenvalue weighted by Crippen LogP contribution is 2.28. The van der Waals surface area contributed by atoms with E-state index < -0.39 is 0 Å². The Kier molecular flexibility index (Phi) is 2.16. The number of rotatable bonds is 2. The van der Waals surface area contributed by atoms with Crippen LogP contribution in [0.2, 0.25) is 0 Å². The standard InChI is InChI=1S/C9H10N2OS/c1-6-7(5-10)9(11-12-6)8-3-2-4-13-8/h2-4H,5,10H2,1H3. The second-order valence-electron chi connectivity index (χ2n) is 2.75. The van der Waals surface area contributed by atoms with Crippen LogP contribution in [0.4, 0.5) is 0 Å². The minimum absolute atomic E-state index is 0.475. The quantitative estimate of drug-likeness (QED) is 0.797. The highest BCUT2D eigenvalue weighted by atomic mass is 32.1. The maximum absolute atomic E-state index is 5.61. The summed E-state index contributed by atoms with van der Waals surface area (Å²) in [7, 11) is 0. The van der Waals surface area contributed by atoms with Gasteiger partial charge in [0.05, 0.1) is 4.88 Å². The number of hydrogen-bond acceptors (Lipinski definition) is 4. The zero-order valence-corrected chi connectivity index (χ0v) is 8.10. The van der Waals surface area contributed by atoms with E-state index in [1.54, 1.807) is 11.3 Å². The van der Waals surface area contributed by atoms with Crippen LogP contribution >= 0.6 is 11.3 Å². The van der Waals surface area contributed by atoms with Gasteiger partial charge in [-0.05, 0) is 18.4 Å². The fourth-order valence-electron chi connectivity index (χ4n) is 1.24. The van der Waals surface area contributed by atoms with Crippen LogP contribution in [0.1, 0.15) is 11.3 Å². The molecule has 2 aromatic rings. The van der Waals surface area contributed by atoms with Crippen LogP contribution in [0.3, 0.4) is 0 Å². The maximum atomic E-state index is 5.61. The molecule has 0 saturated carbocycles. The molecule has 0 aliphatic carbocycles. The van der Waals surface area contributed by atoms with E-state index in [1.807, 2.05) is 24.4 Å². The molecule has 2 aromatic heterocycles. The van der Waals surface area contributed by atoms with E-state index in [0.29, 0.717) is 6.54 Å². The van der Waals surface area contributed by atoms with Crippen LogP contribution in [-0.2, 0) is 6.54 Å². The highest BCUT2D eigenvalue weighted by molar-refractivity contribution is 7.13. The Morgan fingerprint density at radius 2 is 2.46 bits per heavy atom. The lowest BCUT2D eigenvalue weighted by molar-refractivity contribution is 0.398. The van der Waals surface area contributed by atoms with Crippen molar-refractivity contribution in [1.82, 2.24) is 5.16 Å². The number of thiophene rings is 1. The lowest BCUT2D eigenvalue weighted by atomic mass is 10.2. The highest BCUT2D eigenvalue weighted by Gasteiger charge is 2.13. The fourth-order valence-corrected chi connectivity index (χ4v) is 1.97. The third kappa shape index (κ3) is 1.38. The topological polar surface area (TPSA) is 52.0 Å². The molecule has 3 nitrogen and oxygen atoms in total. The Balaban J connectivity index is 2.52. The van der Waals surface area contributed by atoms with Crippen molar-refractivity contribution in [3.05, 3.63) is 28.8 Å². The van der Waals surface area contributed by atoms with Gasteiger partial charge >= 0.3 is 0 Å². The van der Waals surface area contributed by atoms with Crippen molar-refractivity contribution in [2.75, 3.05) is 0 Å². The third-order valence-electron chi connectivity index (χ3n) is 1.94. The van der Waals surface area contributed by atoms with Gasteiger partial charge in [-0.2, -0.15) is 0 Å². The van der Waals surface area contributed by atoms with E-state index >= 15 is 0 Å². The molecular formula is C9H10N2OS. The second kappa shape index (κ2) is 3.32. The smallest absolute Gasteiger partial charge is 0.138 e. The van der Waals surface area contributed by atoms with E-state index in [9.17, 15) is 0 Å². The van der Waals surface area contributed by atoms with Gasteiger partial charge in [-0.1, -0.05) is 11.2 Å². The first-order valence-corrected chi connectivity index (χ1v) is 4.90. The van der Waals surface area contributed by atoms with Gasteiger partial charge in [-0.25, -0.2) is 0 Å². The van der Waals surface area contributed by atoms with E-state index in [4.69, 9.17) is 10.3 Å². The van der Waals surface area contributed by atoms with Crippen molar-refractivity contribution in [2.45, 2.75) is 13.5 Å². The summed E-state index contributed by atoms with van der Waals surface area (Å²) < 4.78 is 5.09. The van der Waals surface area contributed by atoms with Crippen molar-refractivity contribution in [3.63, 3.8) is 0 Å². The van der Waals surface area contributed by atoms with Gasteiger partial charge in [0.2, 0.25) is 0 Å². The molecule has 0 unspecified atom stereocenters. The third-order valence-corrected chi connectivity index (χ3v) is 2.82. The molecule has 0 aromatic carbocycles. The molecule has 0 atom stereocenters. The van der Waals surface area contributed by atoms with Crippen LogP contribution in [0, 0.1) is 6.92 Å². The molecule has 0 saturated heterocycles. The van der Waals surface area contributed by atoms with Crippen LogP contribution in [0.15, 0.2) is 22.0 Å². The molecule has 0 spiro atoms. The molecule has 4 heteroatoms. The normalized spacial score (nSPS) is 10.6. The summed E-state index contributed by atoms with van der Waals surface area (Å²) in [4.78, 5) is 1.11. The molecule has 0 aliphatic heterocycles. The molecule has 0 fully saturated rings. The predicted octanol–water partition coefficient (Wildman–Crippen LogP) is 2.17. The summed E-state index contributed by atoms with van der Waals surface area (Å²) in [5.41, 5.74) is 7.49. The fraction of sp³-hybridized carbons (Fsp3) is 0.222. The van der Waals surface area contributed by atoms with Crippen LogP contribution < -0.4 is 5.73 Å². The van der Waals surface area contributed by atoms with Crippen LogP contribution in [-0.4, -0.2) is 5.16 Å². The van der Waals surface area contributed by atoms with E-state index in [0.717, 1.165) is 21.9 Å². The van der Waals surface area contributed by atoms with Gasteiger partial charge in [0.15, 0.2) is 0 Å². The van der Waals surface area contributed by atoms with Gasteiger partial charge in [0.1, 0.15) is 11.5 Å². The first kappa shape index (κ1) is 8.47. The largest absolute Gasteiger partial charge is 0.361 e. The van der Waals surface area contributed by atoms with Crippen molar-refractivity contribution >= 4 is 11.3 Å². The van der Waals surface area contributed by atoms with Gasteiger partial charge in [0, 0.05) is 12.1 Å². The molecule has 2 rings (SSSR count). The molecule has 13 heavy (non-hydrogen) atoms. The van der Waals surface area contributed by atoms with Crippen molar-refractivity contribution in [1.29, 1.82) is 0 Å². The number of nitrogens with zero attached hydrogens (tertiary/aromatic N) is 1. The molecule has 0 amide bonds. The molecule has 0 radical (unpaired) electrons. The van der Waals surface area contributed by atoms with Crippen LogP contribution in [0.5, 0.6) is 0 Å². The van der Waals surface area contributed by atoms with Gasteiger partial charge in [-0.3, -0.25) is 0 Å². The van der Waals surface area contributed by atoms with Crippen LogP contribution in [0.25, 0.3) is 10.6 Å². The number of aryl methyl sites for hydroxylation is 1. The summed E-state index contributed by atoms with van der Waals surface area (Å²) >= 11 is 1.64. The minimum Gasteiger partial charge on any atom is -0.361 e. The van der Waals surface area contributed by atoms with Gasteiger partial charge in [-0.15, -0.1) is 11.3 Å². The number of nitrogens with two attached hydrogens (primary N) is 1. The zero-order valence-electron chi connectivity index (χ0n) is 7.28. The minimum atomic E-state index is 0.475. The zero-order chi connectivity index (χ0) is 9.26. The summed E-state index contributed by atoms with van der Waals surface area (Å²) in [6.45, 7) is 2.36. The van der Waals surface area contributed by atoms with Gasteiger partial charge in [0.25, 0.3) is 0 Å². The number of aromatic nitrogens is 1. The Morgan fingerprint density at radius 3 is 3.08 bits per heavy atom. The van der Waals surface area contributed by atoms with Gasteiger partial charge < -0.3 is 10.3 Å². The Bertz CT molecular complexity index is 392. The van der Waals surface area contributed by atoms with E-state index in [-0.39, 0.29) is 0 Å². The van der Waals surface area contributed by atoms with Crippen molar-refractivity contribution in [3.8, 4) is 10.6 Å². The average molecular weight is 194 g/mol. The Morgan fingerprint density at radius 1 is 1.62 bits per heavy atom. The number of hydrogen-bond donors (Lipinski definition) is 1. The average Bonchev–Trinajstić information content (AvgIpc) is 2.71. The first-order chi connectivity index (χ1) is 6.33. The molecule has 68 valence electrons. The van der Waals surface area contributed by atoms with Crippen molar-refractivity contribution in [2.24, 2.45) is 5.73 Å². The van der Waals surface area contributed by atoms with E-state index in [1.165, 1.54) is 0 Å². The molecule has 0 bridgehead atoms. The Hall–Kier alpha value is -1.13. The molecule has 0 aliphatic rings. The summed E-state index contributed by atoms with van der Waals surface area (Å²) in [6, 6.07) is 4.01. The molecule has 2 heterocycles. The van der Waals surface area contributed by atoms with Crippen molar-refractivity contribution < 1.29 is 4.52 Å². The second-order valence-corrected chi connectivity index (χ2v) is 3.70. The lowest BCUT2D eigenvalue weighted by Crippen LogP contribution is -1.97. The summed E-state index contributed by atoms with van der Waals surface area (Å²) in [6.07, 6.45) is 0. The maximum Gasteiger partial charge on any atom is 0.138 e. The molecular weight excluding hydrogens is 184 g/mol. The SMILES string of the molecule is Cc1onc(-c2cccs2)c1CN. The lowest BCUT2D eigenvalue weighted by Gasteiger charge is -1.94. The first-order valence-electron chi connectivity index (χ1n) is 4.02. The Labute approximate surface area is 80.2 Å². The summed E-state index contributed by atoms with van der Waals surface area (Å²) in [5, 5.41) is 6.00. The monoisotopic (exact) mass is 194 g/mol.